The van der Waals surface area contributed by atoms with Crippen LogP contribution < -0.4 is 10.2 Å². The molecule has 1 aromatic carbocycles. The van der Waals surface area contributed by atoms with Crippen LogP contribution in [-0.4, -0.2) is 30.8 Å². The van der Waals surface area contributed by atoms with Gasteiger partial charge in [-0.25, -0.2) is 4.39 Å². The Hall–Kier alpha value is -1.13. The number of aliphatic hydroxyl groups excluding tert-OH is 1. The van der Waals surface area contributed by atoms with Crippen LogP contribution in [0.1, 0.15) is 38.8 Å². The lowest BCUT2D eigenvalue weighted by Crippen LogP contribution is -2.35. The van der Waals surface area contributed by atoms with E-state index < -0.39 is 0 Å². The molecule has 1 aromatic rings. The van der Waals surface area contributed by atoms with E-state index in [0.717, 1.165) is 25.1 Å². The van der Waals surface area contributed by atoms with Crippen LogP contribution in [0.4, 0.5) is 10.1 Å². The van der Waals surface area contributed by atoms with Gasteiger partial charge in [0.25, 0.3) is 0 Å². The van der Waals surface area contributed by atoms with Gasteiger partial charge in [0, 0.05) is 12.6 Å². The number of rotatable bonds is 5. The highest BCUT2D eigenvalue weighted by atomic mass is 19.1. The van der Waals surface area contributed by atoms with Gasteiger partial charge in [0.15, 0.2) is 0 Å². The molecule has 3 atom stereocenters. The third-order valence-corrected chi connectivity index (χ3v) is 4.36. The highest BCUT2D eigenvalue weighted by Gasteiger charge is 2.32. The number of nitrogens with zero attached hydrogens (tertiary/aromatic N) is 1. The van der Waals surface area contributed by atoms with E-state index in [0.29, 0.717) is 11.6 Å². The van der Waals surface area contributed by atoms with Crippen LogP contribution in [0.25, 0.3) is 0 Å². The van der Waals surface area contributed by atoms with Gasteiger partial charge in [0.05, 0.1) is 18.3 Å². The maximum Gasteiger partial charge on any atom is 0.146 e. The molecule has 0 aromatic heterocycles. The van der Waals surface area contributed by atoms with Crippen LogP contribution in [0, 0.1) is 11.7 Å². The molecular formula is C16H25FN2O. The molecule has 1 aliphatic heterocycles. The van der Waals surface area contributed by atoms with Crippen LogP contribution in [0.3, 0.4) is 0 Å². The lowest BCUT2D eigenvalue weighted by molar-refractivity contribution is 0.244. The van der Waals surface area contributed by atoms with Crippen molar-refractivity contribution in [2.24, 2.45) is 5.92 Å². The van der Waals surface area contributed by atoms with Crippen LogP contribution in [0.5, 0.6) is 0 Å². The summed E-state index contributed by atoms with van der Waals surface area (Å²) in [6.45, 7) is 7.94. The van der Waals surface area contributed by atoms with Crippen LogP contribution in [-0.2, 0) is 0 Å². The van der Waals surface area contributed by atoms with Gasteiger partial charge in [-0.15, -0.1) is 0 Å². The van der Waals surface area contributed by atoms with Crippen molar-refractivity contribution < 1.29 is 9.50 Å². The second-order valence-corrected chi connectivity index (χ2v) is 5.70. The minimum absolute atomic E-state index is 0.0292. The quantitative estimate of drug-likeness (QED) is 0.870. The molecule has 20 heavy (non-hydrogen) atoms. The van der Waals surface area contributed by atoms with Gasteiger partial charge < -0.3 is 15.3 Å². The number of halogens is 1. The Morgan fingerprint density at radius 3 is 2.85 bits per heavy atom. The molecule has 0 spiro atoms. The van der Waals surface area contributed by atoms with Gasteiger partial charge in [0.1, 0.15) is 5.82 Å². The number of aliphatic hydroxyl groups is 1. The molecule has 0 saturated carbocycles. The van der Waals surface area contributed by atoms with Crippen molar-refractivity contribution in [2.75, 3.05) is 24.6 Å². The van der Waals surface area contributed by atoms with E-state index in [-0.39, 0.29) is 24.5 Å². The lowest BCUT2D eigenvalue weighted by Gasteiger charge is -2.28. The standard InChI is InChI=1S/C16H25FN2O/c1-4-18-12(3)13-5-6-15(14(17)9-13)19-8-7-11(2)16(19)10-20/h5-6,9,11-12,16,18,20H,4,7-8,10H2,1-3H3. The summed E-state index contributed by atoms with van der Waals surface area (Å²) in [7, 11) is 0. The molecular weight excluding hydrogens is 255 g/mol. The van der Waals surface area contributed by atoms with Gasteiger partial charge in [-0.3, -0.25) is 0 Å². The van der Waals surface area contributed by atoms with Crippen molar-refractivity contribution in [2.45, 2.75) is 39.3 Å². The first kappa shape index (κ1) is 15.3. The number of anilines is 1. The Labute approximate surface area is 120 Å². The molecule has 2 N–H and O–H groups in total. The Morgan fingerprint density at radius 2 is 2.25 bits per heavy atom. The zero-order valence-electron chi connectivity index (χ0n) is 12.6. The van der Waals surface area contributed by atoms with Gasteiger partial charge in [-0.1, -0.05) is 19.9 Å². The number of hydrogen-bond donors (Lipinski definition) is 2. The average molecular weight is 280 g/mol. The summed E-state index contributed by atoms with van der Waals surface area (Å²) in [6, 6.07) is 5.61. The first-order valence-corrected chi connectivity index (χ1v) is 7.48. The summed E-state index contributed by atoms with van der Waals surface area (Å²) in [5.41, 5.74) is 1.57. The lowest BCUT2D eigenvalue weighted by atomic mass is 10.0. The van der Waals surface area contributed by atoms with Gasteiger partial charge >= 0.3 is 0 Å². The SMILES string of the molecule is CCNC(C)c1ccc(N2CCC(C)C2CO)c(F)c1. The molecule has 1 heterocycles. The summed E-state index contributed by atoms with van der Waals surface area (Å²) in [6.07, 6.45) is 1.00. The molecule has 4 heteroatoms. The molecule has 0 aliphatic carbocycles. The second kappa shape index (κ2) is 6.55. The highest BCUT2D eigenvalue weighted by Crippen LogP contribution is 2.32. The molecule has 0 radical (unpaired) electrons. The van der Waals surface area contributed by atoms with Crippen LogP contribution in [0.15, 0.2) is 18.2 Å². The smallest absolute Gasteiger partial charge is 0.146 e. The van der Waals surface area contributed by atoms with Crippen molar-refractivity contribution in [3.05, 3.63) is 29.6 Å². The summed E-state index contributed by atoms with van der Waals surface area (Å²) in [5, 5.41) is 12.8. The average Bonchev–Trinajstić information content (AvgIpc) is 2.79. The van der Waals surface area contributed by atoms with Crippen molar-refractivity contribution in [1.82, 2.24) is 5.32 Å². The van der Waals surface area contributed by atoms with E-state index in [1.165, 1.54) is 0 Å². The minimum atomic E-state index is -0.195. The molecule has 2 rings (SSSR count). The molecule has 1 aliphatic rings. The normalized spacial score (nSPS) is 24.1. The molecule has 0 amide bonds. The fraction of sp³-hybridized carbons (Fsp3) is 0.625. The number of benzene rings is 1. The van der Waals surface area contributed by atoms with Crippen LogP contribution in [0.2, 0.25) is 0 Å². The van der Waals surface area contributed by atoms with Crippen molar-refractivity contribution in [1.29, 1.82) is 0 Å². The van der Waals surface area contributed by atoms with Crippen molar-refractivity contribution in [3.63, 3.8) is 0 Å². The highest BCUT2D eigenvalue weighted by molar-refractivity contribution is 5.51. The topological polar surface area (TPSA) is 35.5 Å². The van der Waals surface area contributed by atoms with Gasteiger partial charge in [0.2, 0.25) is 0 Å². The zero-order chi connectivity index (χ0) is 14.7. The van der Waals surface area contributed by atoms with Crippen molar-refractivity contribution in [3.8, 4) is 0 Å². The van der Waals surface area contributed by atoms with E-state index in [1.54, 1.807) is 6.07 Å². The minimum Gasteiger partial charge on any atom is -0.394 e. The monoisotopic (exact) mass is 280 g/mol. The fourth-order valence-corrected chi connectivity index (χ4v) is 3.04. The Bertz CT molecular complexity index is 452. The first-order valence-electron chi connectivity index (χ1n) is 7.48. The molecule has 0 bridgehead atoms. The largest absolute Gasteiger partial charge is 0.394 e. The van der Waals surface area contributed by atoms with E-state index in [4.69, 9.17) is 0 Å². The number of nitrogens with one attached hydrogen (secondary N) is 1. The third kappa shape index (κ3) is 2.96. The molecule has 1 fully saturated rings. The predicted molar refractivity (Wildman–Crippen MR) is 80.5 cm³/mol. The number of hydrogen-bond acceptors (Lipinski definition) is 3. The summed E-state index contributed by atoms with van der Waals surface area (Å²) in [4.78, 5) is 2.00. The summed E-state index contributed by atoms with van der Waals surface area (Å²) >= 11 is 0. The molecule has 112 valence electrons. The van der Waals surface area contributed by atoms with Gasteiger partial charge in [-0.2, -0.15) is 0 Å². The van der Waals surface area contributed by atoms with Gasteiger partial charge in [-0.05, 0) is 43.5 Å². The maximum absolute atomic E-state index is 14.4. The first-order chi connectivity index (χ1) is 9.58. The third-order valence-electron chi connectivity index (χ3n) is 4.36. The second-order valence-electron chi connectivity index (χ2n) is 5.70. The Balaban J connectivity index is 2.21. The molecule has 3 nitrogen and oxygen atoms in total. The van der Waals surface area contributed by atoms with E-state index in [9.17, 15) is 9.50 Å². The summed E-state index contributed by atoms with van der Waals surface area (Å²) in [5.74, 6) is 0.208. The fourth-order valence-electron chi connectivity index (χ4n) is 3.04. The van der Waals surface area contributed by atoms with Crippen molar-refractivity contribution >= 4 is 5.69 Å². The maximum atomic E-state index is 14.4. The summed E-state index contributed by atoms with van der Waals surface area (Å²) < 4.78 is 14.4. The van der Waals surface area contributed by atoms with Crippen LogP contribution >= 0.6 is 0 Å². The predicted octanol–water partition coefficient (Wildman–Crippen LogP) is 2.70. The Kier molecular flexibility index (Phi) is 5.00. The molecule has 1 saturated heterocycles. The van der Waals surface area contributed by atoms with E-state index >= 15 is 0 Å². The zero-order valence-corrected chi connectivity index (χ0v) is 12.6. The molecule has 3 unspecified atom stereocenters. The van der Waals surface area contributed by atoms with E-state index in [1.807, 2.05) is 30.9 Å². The van der Waals surface area contributed by atoms with E-state index in [2.05, 4.69) is 12.2 Å². The Morgan fingerprint density at radius 1 is 1.50 bits per heavy atom.